The van der Waals surface area contributed by atoms with Crippen LogP contribution >= 0.6 is 27.5 Å². The summed E-state index contributed by atoms with van der Waals surface area (Å²) < 4.78 is 20.7. The van der Waals surface area contributed by atoms with E-state index in [9.17, 15) is 4.39 Å². The molecule has 1 heterocycles. The second-order valence-corrected chi connectivity index (χ2v) is 6.80. The van der Waals surface area contributed by atoms with Gasteiger partial charge in [-0.3, -0.25) is 0 Å². The Bertz CT molecular complexity index is 752. The van der Waals surface area contributed by atoms with E-state index in [2.05, 4.69) is 22.5 Å². The molecule has 0 spiro atoms. The molecule has 0 bridgehead atoms. The number of hydrogen-bond donors (Lipinski definition) is 1. The maximum absolute atomic E-state index is 13.9. The van der Waals surface area contributed by atoms with E-state index < -0.39 is 11.4 Å². The largest absolute Gasteiger partial charge is 0.480 e. The van der Waals surface area contributed by atoms with E-state index in [1.54, 1.807) is 6.08 Å². The molecule has 0 saturated carbocycles. The topological polar surface area (TPSA) is 35.2 Å². The predicted molar refractivity (Wildman–Crippen MR) is 94.4 cm³/mol. The first-order valence-electron chi connectivity index (χ1n) is 7.27. The highest BCUT2D eigenvalue weighted by Gasteiger charge is 2.47. The van der Waals surface area contributed by atoms with Crippen LogP contribution in [-0.2, 0) is 12.0 Å². The van der Waals surface area contributed by atoms with Crippen molar-refractivity contribution in [1.82, 2.24) is 0 Å². The Hall–Kier alpha value is -1.36. The smallest absolute Gasteiger partial charge is 0.153 e. The minimum Gasteiger partial charge on any atom is -0.480 e. The number of hydrogen-bond acceptors (Lipinski definition) is 2. The van der Waals surface area contributed by atoms with Gasteiger partial charge in [-0.25, -0.2) is 4.39 Å². The van der Waals surface area contributed by atoms with Gasteiger partial charge in [-0.15, -0.1) is 6.58 Å². The molecule has 0 amide bonds. The van der Waals surface area contributed by atoms with Crippen molar-refractivity contribution in [1.29, 1.82) is 0 Å². The van der Waals surface area contributed by atoms with Gasteiger partial charge in [0.15, 0.2) is 5.60 Å². The molecule has 0 radical (unpaired) electrons. The minimum atomic E-state index is -0.766. The minimum absolute atomic E-state index is 0.0634. The summed E-state index contributed by atoms with van der Waals surface area (Å²) in [6.07, 6.45) is 2.86. The van der Waals surface area contributed by atoms with E-state index in [-0.39, 0.29) is 11.1 Å². The molecule has 2 aromatic carbocycles. The quantitative estimate of drug-likeness (QED) is 0.584. The van der Waals surface area contributed by atoms with E-state index in [4.69, 9.17) is 22.1 Å². The normalized spacial score (nSPS) is 20.7. The van der Waals surface area contributed by atoms with Crippen molar-refractivity contribution in [2.45, 2.75) is 24.5 Å². The summed E-state index contributed by atoms with van der Waals surface area (Å²) in [5.74, 6) is -0.0411. The second-order valence-electron chi connectivity index (χ2n) is 5.63. The fourth-order valence-corrected chi connectivity index (χ4v) is 3.73. The van der Waals surface area contributed by atoms with E-state index in [1.807, 2.05) is 30.3 Å². The summed E-state index contributed by atoms with van der Waals surface area (Å²) >= 11 is 9.40. The summed E-state index contributed by atoms with van der Waals surface area (Å²) in [6.45, 7) is 3.77. The molecule has 120 valence electrons. The highest BCUT2D eigenvalue weighted by atomic mass is 79.9. The fraction of sp³-hybridized carbons (Fsp3) is 0.222. The number of ether oxygens (including phenoxy) is 1. The molecule has 3 rings (SSSR count). The molecule has 0 aliphatic carbocycles. The molecule has 2 atom stereocenters. The Morgan fingerprint density at radius 1 is 1.43 bits per heavy atom. The third-order valence-electron chi connectivity index (χ3n) is 4.24. The highest BCUT2D eigenvalue weighted by molar-refractivity contribution is 9.10. The Morgan fingerprint density at radius 2 is 2.13 bits per heavy atom. The van der Waals surface area contributed by atoms with Crippen LogP contribution in [0.25, 0.3) is 0 Å². The fourth-order valence-electron chi connectivity index (χ4n) is 3.03. The lowest BCUT2D eigenvalue weighted by Crippen LogP contribution is -2.49. The second kappa shape index (κ2) is 6.27. The average molecular weight is 397 g/mol. The van der Waals surface area contributed by atoms with Crippen molar-refractivity contribution in [3.8, 4) is 5.75 Å². The molecular formula is C18H16BrClFNO. The third-order valence-corrected chi connectivity index (χ3v) is 5.71. The van der Waals surface area contributed by atoms with E-state index >= 15 is 0 Å². The van der Waals surface area contributed by atoms with Crippen LogP contribution in [0.3, 0.4) is 0 Å². The van der Waals surface area contributed by atoms with Crippen LogP contribution in [-0.4, -0.2) is 6.04 Å². The number of fused-ring (bicyclic) bond motifs is 1. The van der Waals surface area contributed by atoms with Gasteiger partial charge in [0.05, 0.1) is 11.1 Å². The SMILES string of the molecule is C=CC[C@H](N)C1(c2ccccc2)Cc2c(cc(F)c(Cl)c2Br)O1. The zero-order valence-corrected chi connectivity index (χ0v) is 14.7. The highest BCUT2D eigenvalue weighted by Crippen LogP contribution is 2.48. The van der Waals surface area contributed by atoms with Crippen LogP contribution in [0, 0.1) is 5.82 Å². The molecule has 2 nitrogen and oxygen atoms in total. The Labute approximate surface area is 148 Å². The molecular weight excluding hydrogens is 381 g/mol. The van der Waals surface area contributed by atoms with Gasteiger partial charge in [0.2, 0.25) is 0 Å². The first-order chi connectivity index (χ1) is 11.0. The van der Waals surface area contributed by atoms with Gasteiger partial charge in [-0.2, -0.15) is 0 Å². The Morgan fingerprint density at radius 3 is 2.78 bits per heavy atom. The maximum atomic E-state index is 13.9. The van der Waals surface area contributed by atoms with Gasteiger partial charge in [0, 0.05) is 22.5 Å². The van der Waals surface area contributed by atoms with Crippen LogP contribution in [0.1, 0.15) is 17.5 Å². The summed E-state index contributed by atoms with van der Waals surface area (Å²) in [7, 11) is 0. The molecule has 1 aliphatic rings. The zero-order valence-electron chi connectivity index (χ0n) is 12.4. The molecule has 2 N–H and O–H groups in total. The standard InChI is InChI=1S/C18H16BrClFNO/c1-2-6-15(22)18(11-7-4-3-5-8-11)10-12-14(23-18)9-13(21)17(20)16(12)19/h2-5,7-9,15H,1,6,10,22H2/t15-,18?/m0/s1. The van der Waals surface area contributed by atoms with Gasteiger partial charge in [0.1, 0.15) is 11.6 Å². The Kier molecular flexibility index (Phi) is 4.50. The van der Waals surface area contributed by atoms with Crippen molar-refractivity contribution in [2.24, 2.45) is 5.73 Å². The first-order valence-corrected chi connectivity index (χ1v) is 8.44. The first kappa shape index (κ1) is 16.5. The van der Waals surface area contributed by atoms with Gasteiger partial charge < -0.3 is 10.5 Å². The van der Waals surface area contributed by atoms with Crippen molar-refractivity contribution in [3.05, 3.63) is 75.5 Å². The Balaban J connectivity index is 2.13. The van der Waals surface area contributed by atoms with Crippen LogP contribution < -0.4 is 10.5 Å². The van der Waals surface area contributed by atoms with Gasteiger partial charge >= 0.3 is 0 Å². The third kappa shape index (κ3) is 2.69. The van der Waals surface area contributed by atoms with Crippen molar-refractivity contribution < 1.29 is 9.13 Å². The van der Waals surface area contributed by atoms with E-state index in [0.717, 1.165) is 11.1 Å². The molecule has 1 aliphatic heterocycles. The van der Waals surface area contributed by atoms with Crippen molar-refractivity contribution >= 4 is 27.5 Å². The lowest BCUT2D eigenvalue weighted by Gasteiger charge is -2.34. The molecule has 23 heavy (non-hydrogen) atoms. The predicted octanol–water partition coefficient (Wildman–Crippen LogP) is 4.98. The molecule has 0 aromatic heterocycles. The van der Waals surface area contributed by atoms with Crippen molar-refractivity contribution in [2.75, 3.05) is 0 Å². The maximum Gasteiger partial charge on any atom is 0.153 e. The number of benzene rings is 2. The number of rotatable bonds is 4. The van der Waals surface area contributed by atoms with Crippen molar-refractivity contribution in [3.63, 3.8) is 0 Å². The lowest BCUT2D eigenvalue weighted by atomic mass is 9.81. The lowest BCUT2D eigenvalue weighted by molar-refractivity contribution is 0.0627. The summed E-state index contributed by atoms with van der Waals surface area (Å²) in [5.41, 5.74) is 7.44. The monoisotopic (exact) mass is 395 g/mol. The van der Waals surface area contributed by atoms with Crippen LogP contribution in [0.15, 0.2) is 53.5 Å². The molecule has 0 saturated heterocycles. The van der Waals surface area contributed by atoms with Crippen LogP contribution in [0.2, 0.25) is 5.02 Å². The zero-order chi connectivity index (χ0) is 16.6. The molecule has 1 unspecified atom stereocenters. The number of halogens is 3. The van der Waals surface area contributed by atoms with E-state index in [1.165, 1.54) is 6.07 Å². The molecule has 5 heteroatoms. The van der Waals surface area contributed by atoms with Gasteiger partial charge in [-0.1, -0.05) is 48.0 Å². The molecule has 0 fully saturated rings. The van der Waals surface area contributed by atoms with Gasteiger partial charge in [-0.05, 0) is 27.9 Å². The van der Waals surface area contributed by atoms with Gasteiger partial charge in [0.25, 0.3) is 0 Å². The van der Waals surface area contributed by atoms with Crippen LogP contribution in [0.5, 0.6) is 5.75 Å². The summed E-state index contributed by atoms with van der Waals surface area (Å²) in [5, 5.41) is 0.0634. The summed E-state index contributed by atoms with van der Waals surface area (Å²) in [4.78, 5) is 0. The average Bonchev–Trinajstić information content (AvgIpc) is 2.95. The number of nitrogens with two attached hydrogens (primary N) is 1. The molecule has 2 aromatic rings. The summed E-state index contributed by atoms with van der Waals surface area (Å²) in [6, 6.07) is 10.8. The van der Waals surface area contributed by atoms with Crippen LogP contribution in [0.4, 0.5) is 4.39 Å². The van der Waals surface area contributed by atoms with E-state index in [0.29, 0.717) is 23.1 Å².